The van der Waals surface area contributed by atoms with Gasteiger partial charge in [-0.15, -0.1) is 5.10 Å². The molecule has 1 N–H and O–H groups in total. The summed E-state index contributed by atoms with van der Waals surface area (Å²) in [6.07, 6.45) is 3.68. The summed E-state index contributed by atoms with van der Waals surface area (Å²) in [4.78, 5) is 4.33. The normalized spacial score (nSPS) is 12.6. The Labute approximate surface area is 101 Å². The molecule has 90 valence electrons. The van der Waals surface area contributed by atoms with Gasteiger partial charge in [0, 0.05) is 18.9 Å². The van der Waals surface area contributed by atoms with Crippen molar-refractivity contribution in [3.05, 3.63) is 41.5 Å². The highest BCUT2D eigenvalue weighted by molar-refractivity contribution is 5.25. The van der Waals surface area contributed by atoms with Crippen LogP contribution in [0.5, 0.6) is 0 Å². The SMILES string of the molecule is CCNC(c1ccc(C)nc1)c1cnnn1C. The van der Waals surface area contributed by atoms with E-state index in [4.69, 9.17) is 0 Å². The van der Waals surface area contributed by atoms with Crippen molar-refractivity contribution >= 4 is 0 Å². The van der Waals surface area contributed by atoms with Crippen LogP contribution in [0.15, 0.2) is 24.5 Å². The topological polar surface area (TPSA) is 55.6 Å². The van der Waals surface area contributed by atoms with Crippen LogP contribution < -0.4 is 5.32 Å². The van der Waals surface area contributed by atoms with E-state index in [1.165, 1.54) is 0 Å². The fourth-order valence-electron chi connectivity index (χ4n) is 1.81. The lowest BCUT2D eigenvalue weighted by Gasteiger charge is -2.17. The molecule has 1 atom stereocenters. The second kappa shape index (κ2) is 5.05. The monoisotopic (exact) mass is 231 g/mol. The van der Waals surface area contributed by atoms with E-state index in [1.807, 2.05) is 26.2 Å². The molecular formula is C12H17N5. The Morgan fingerprint density at radius 2 is 2.18 bits per heavy atom. The van der Waals surface area contributed by atoms with Gasteiger partial charge in [0.1, 0.15) is 0 Å². The van der Waals surface area contributed by atoms with E-state index < -0.39 is 0 Å². The molecule has 17 heavy (non-hydrogen) atoms. The van der Waals surface area contributed by atoms with E-state index in [-0.39, 0.29) is 6.04 Å². The third kappa shape index (κ3) is 2.50. The van der Waals surface area contributed by atoms with Gasteiger partial charge >= 0.3 is 0 Å². The molecule has 2 heterocycles. The van der Waals surface area contributed by atoms with Gasteiger partial charge in [0.25, 0.3) is 0 Å². The van der Waals surface area contributed by atoms with Crippen LogP contribution >= 0.6 is 0 Å². The van der Waals surface area contributed by atoms with E-state index in [0.717, 1.165) is 23.5 Å². The molecule has 0 aliphatic heterocycles. The molecule has 2 aromatic rings. The second-order valence-corrected chi connectivity index (χ2v) is 4.01. The fourth-order valence-corrected chi connectivity index (χ4v) is 1.81. The van der Waals surface area contributed by atoms with Gasteiger partial charge < -0.3 is 5.32 Å². The van der Waals surface area contributed by atoms with Crippen LogP contribution in [0.1, 0.15) is 29.9 Å². The minimum atomic E-state index is 0.0908. The number of hydrogen-bond acceptors (Lipinski definition) is 4. The summed E-state index contributed by atoms with van der Waals surface area (Å²) >= 11 is 0. The molecule has 0 aromatic carbocycles. The van der Waals surface area contributed by atoms with Crippen molar-refractivity contribution in [3.8, 4) is 0 Å². The average Bonchev–Trinajstić information content (AvgIpc) is 2.74. The molecule has 0 radical (unpaired) electrons. The predicted molar refractivity (Wildman–Crippen MR) is 65.5 cm³/mol. The van der Waals surface area contributed by atoms with E-state index in [2.05, 4.69) is 33.6 Å². The van der Waals surface area contributed by atoms with Gasteiger partial charge in [-0.1, -0.05) is 18.2 Å². The number of rotatable bonds is 4. The third-order valence-corrected chi connectivity index (χ3v) is 2.72. The quantitative estimate of drug-likeness (QED) is 0.859. The minimum absolute atomic E-state index is 0.0908. The van der Waals surface area contributed by atoms with Crippen molar-refractivity contribution in [2.45, 2.75) is 19.9 Å². The maximum atomic E-state index is 4.33. The van der Waals surface area contributed by atoms with Gasteiger partial charge in [-0.3, -0.25) is 9.67 Å². The third-order valence-electron chi connectivity index (χ3n) is 2.72. The lowest BCUT2D eigenvalue weighted by atomic mass is 10.1. The Kier molecular flexibility index (Phi) is 3.49. The standard InChI is InChI=1S/C12H17N5/c1-4-13-12(11-8-15-16-17(11)3)10-6-5-9(2)14-7-10/h5-8,12-13H,4H2,1-3H3. The number of aromatic nitrogens is 4. The molecule has 0 saturated carbocycles. The molecule has 2 aromatic heterocycles. The summed E-state index contributed by atoms with van der Waals surface area (Å²) < 4.78 is 1.78. The van der Waals surface area contributed by atoms with E-state index in [9.17, 15) is 0 Å². The molecule has 5 heteroatoms. The van der Waals surface area contributed by atoms with E-state index in [0.29, 0.717) is 0 Å². The van der Waals surface area contributed by atoms with Gasteiger partial charge in [-0.05, 0) is 25.1 Å². The van der Waals surface area contributed by atoms with E-state index in [1.54, 1.807) is 10.9 Å². The Hall–Kier alpha value is -1.75. The van der Waals surface area contributed by atoms with Crippen molar-refractivity contribution in [1.29, 1.82) is 0 Å². The van der Waals surface area contributed by atoms with Crippen LogP contribution in [0.2, 0.25) is 0 Å². The van der Waals surface area contributed by atoms with Gasteiger partial charge in [0.05, 0.1) is 17.9 Å². The first kappa shape index (κ1) is 11.7. The van der Waals surface area contributed by atoms with Crippen LogP contribution in [-0.2, 0) is 7.05 Å². The van der Waals surface area contributed by atoms with Gasteiger partial charge in [0.2, 0.25) is 0 Å². The fraction of sp³-hybridized carbons (Fsp3) is 0.417. The largest absolute Gasteiger partial charge is 0.305 e. The summed E-state index contributed by atoms with van der Waals surface area (Å²) in [5.41, 5.74) is 3.19. The first-order chi connectivity index (χ1) is 8.22. The molecule has 0 spiro atoms. The zero-order chi connectivity index (χ0) is 12.3. The molecule has 0 aliphatic carbocycles. The van der Waals surface area contributed by atoms with Crippen molar-refractivity contribution in [2.75, 3.05) is 6.54 Å². The number of hydrogen-bond donors (Lipinski definition) is 1. The first-order valence-electron chi connectivity index (χ1n) is 5.73. The molecule has 2 rings (SSSR count). The van der Waals surface area contributed by atoms with Crippen LogP contribution in [0.3, 0.4) is 0 Å². The number of nitrogens with zero attached hydrogens (tertiary/aromatic N) is 4. The predicted octanol–water partition coefficient (Wildman–Crippen LogP) is 1.22. The van der Waals surface area contributed by atoms with Gasteiger partial charge in [-0.25, -0.2) is 0 Å². The second-order valence-electron chi connectivity index (χ2n) is 4.01. The summed E-state index contributed by atoms with van der Waals surface area (Å²) in [7, 11) is 1.90. The smallest absolute Gasteiger partial charge is 0.0799 e. The van der Waals surface area contributed by atoms with E-state index >= 15 is 0 Å². The highest BCUT2D eigenvalue weighted by atomic mass is 15.4. The van der Waals surface area contributed by atoms with Crippen molar-refractivity contribution in [1.82, 2.24) is 25.3 Å². The van der Waals surface area contributed by atoms with Crippen LogP contribution in [0.25, 0.3) is 0 Å². The molecule has 0 bridgehead atoms. The molecule has 5 nitrogen and oxygen atoms in total. The van der Waals surface area contributed by atoms with Gasteiger partial charge in [-0.2, -0.15) is 0 Å². The molecule has 0 fully saturated rings. The Morgan fingerprint density at radius 3 is 2.71 bits per heavy atom. The minimum Gasteiger partial charge on any atom is -0.305 e. The number of nitrogens with one attached hydrogen (secondary N) is 1. The zero-order valence-electron chi connectivity index (χ0n) is 10.4. The lowest BCUT2D eigenvalue weighted by Crippen LogP contribution is -2.24. The molecule has 0 saturated heterocycles. The summed E-state index contributed by atoms with van der Waals surface area (Å²) in [6, 6.07) is 4.19. The molecule has 0 amide bonds. The highest BCUT2D eigenvalue weighted by Crippen LogP contribution is 2.19. The lowest BCUT2D eigenvalue weighted by molar-refractivity contribution is 0.567. The van der Waals surface area contributed by atoms with Gasteiger partial charge in [0.15, 0.2) is 0 Å². The van der Waals surface area contributed by atoms with Crippen molar-refractivity contribution in [3.63, 3.8) is 0 Å². The first-order valence-corrected chi connectivity index (χ1v) is 5.73. The van der Waals surface area contributed by atoms with Crippen LogP contribution in [-0.4, -0.2) is 26.5 Å². The highest BCUT2D eigenvalue weighted by Gasteiger charge is 2.16. The Bertz CT molecular complexity index is 474. The summed E-state index contributed by atoms with van der Waals surface area (Å²) in [5.74, 6) is 0. The van der Waals surface area contributed by atoms with Crippen LogP contribution in [0.4, 0.5) is 0 Å². The maximum absolute atomic E-state index is 4.33. The molecule has 1 unspecified atom stereocenters. The summed E-state index contributed by atoms with van der Waals surface area (Å²) in [6.45, 7) is 4.94. The van der Waals surface area contributed by atoms with Crippen molar-refractivity contribution in [2.24, 2.45) is 7.05 Å². The number of pyridine rings is 1. The number of aryl methyl sites for hydroxylation is 2. The maximum Gasteiger partial charge on any atom is 0.0799 e. The summed E-state index contributed by atoms with van der Waals surface area (Å²) in [5, 5.41) is 11.3. The average molecular weight is 231 g/mol. The van der Waals surface area contributed by atoms with Crippen LogP contribution in [0, 0.1) is 6.92 Å². The van der Waals surface area contributed by atoms with Crippen molar-refractivity contribution < 1.29 is 0 Å². The Morgan fingerprint density at radius 1 is 1.35 bits per heavy atom. The molecule has 0 aliphatic rings. The molecular weight excluding hydrogens is 214 g/mol. The Balaban J connectivity index is 2.35. The zero-order valence-corrected chi connectivity index (χ0v) is 10.4.